The van der Waals surface area contributed by atoms with E-state index in [1.54, 1.807) is 6.07 Å². The molecule has 0 unspecified atom stereocenters. The van der Waals surface area contributed by atoms with E-state index in [0.29, 0.717) is 11.6 Å². The third-order valence-electron chi connectivity index (χ3n) is 3.11. The van der Waals surface area contributed by atoms with Gasteiger partial charge in [-0.3, -0.25) is 0 Å². The van der Waals surface area contributed by atoms with Gasteiger partial charge in [-0.15, -0.1) is 0 Å². The molecule has 0 bridgehead atoms. The minimum Gasteiger partial charge on any atom is -0.249 e. The van der Waals surface area contributed by atoms with Crippen molar-refractivity contribution in [3.8, 4) is 11.3 Å². The molecule has 1 aromatic heterocycles. The summed E-state index contributed by atoms with van der Waals surface area (Å²) >= 11 is 0. The van der Waals surface area contributed by atoms with Gasteiger partial charge in [0.05, 0.1) is 23.8 Å². The van der Waals surface area contributed by atoms with Crippen molar-refractivity contribution in [3.63, 3.8) is 0 Å². The van der Waals surface area contributed by atoms with Crippen molar-refractivity contribution in [2.75, 3.05) is 0 Å². The molecule has 0 aliphatic carbocycles. The van der Waals surface area contributed by atoms with Crippen LogP contribution < -0.4 is 0 Å². The van der Waals surface area contributed by atoms with Crippen molar-refractivity contribution >= 4 is 11.0 Å². The van der Waals surface area contributed by atoms with Crippen LogP contribution in [-0.2, 0) is 0 Å². The van der Waals surface area contributed by atoms with E-state index in [4.69, 9.17) is 11.3 Å². The Morgan fingerprint density at radius 3 is 2.37 bits per heavy atom. The summed E-state index contributed by atoms with van der Waals surface area (Å²) in [6, 6.07) is 16.0. The molecule has 0 N–H and O–H groups in total. The highest BCUT2D eigenvalue weighted by Gasteiger charge is 2.13. The third-order valence-corrected chi connectivity index (χ3v) is 3.11. The summed E-state index contributed by atoms with van der Waals surface area (Å²) in [5.74, 6) is 0.288. The monoisotopic (exact) mass is 249 g/mol. The van der Waals surface area contributed by atoms with Crippen LogP contribution in [0.1, 0.15) is 26.8 Å². The summed E-state index contributed by atoms with van der Waals surface area (Å²) in [6.45, 7) is 4.24. The quantitative estimate of drug-likeness (QED) is 0.672. The zero-order chi connectivity index (χ0) is 14.1. The number of rotatable bonds is 2. The fourth-order valence-electron chi connectivity index (χ4n) is 2.16. The lowest BCUT2D eigenvalue weighted by Gasteiger charge is -2.12. The Bertz CT molecular complexity index is 752. The molecule has 0 saturated carbocycles. The third kappa shape index (κ3) is 2.22. The summed E-state index contributed by atoms with van der Waals surface area (Å²) < 4.78 is 8.00. The van der Waals surface area contributed by atoms with Crippen LogP contribution >= 0.6 is 0 Å². The molecule has 0 aliphatic rings. The lowest BCUT2D eigenvalue weighted by molar-refractivity contribution is 0.825. The zero-order valence-electron chi connectivity index (χ0n) is 12.1. The molecular weight excluding hydrogens is 232 g/mol. The lowest BCUT2D eigenvalue weighted by Crippen LogP contribution is -2.00. The molecule has 19 heavy (non-hydrogen) atoms. The first-order valence-electron chi connectivity index (χ1n) is 6.99. The van der Waals surface area contributed by atoms with Gasteiger partial charge in [0, 0.05) is 5.56 Å². The minimum atomic E-state index is 0.288. The van der Waals surface area contributed by atoms with E-state index < -0.39 is 0 Å². The van der Waals surface area contributed by atoms with Gasteiger partial charge in [-0.05, 0) is 18.0 Å². The van der Waals surface area contributed by atoms with Crippen molar-refractivity contribution in [2.24, 2.45) is 0 Å². The molecule has 94 valence electrons. The Morgan fingerprint density at radius 1 is 0.895 bits per heavy atom. The molecule has 0 saturated heterocycles. The Labute approximate surface area is 114 Å². The second-order valence-corrected chi connectivity index (χ2v) is 4.88. The van der Waals surface area contributed by atoms with Crippen LogP contribution in [0.2, 0.25) is 0 Å². The van der Waals surface area contributed by atoms with E-state index >= 15 is 0 Å². The lowest BCUT2D eigenvalue weighted by atomic mass is 10.0. The van der Waals surface area contributed by atoms with Crippen LogP contribution in [0.5, 0.6) is 0 Å². The predicted molar refractivity (Wildman–Crippen MR) is 79.1 cm³/mol. The van der Waals surface area contributed by atoms with Gasteiger partial charge in [0.25, 0.3) is 0 Å². The summed E-state index contributed by atoms with van der Waals surface area (Å²) in [7, 11) is 0. The Hall–Kier alpha value is -2.22. The normalized spacial score (nSPS) is 11.8. The molecule has 0 amide bonds. The fraction of sp³-hybridized carbons (Fsp3) is 0.176. The predicted octanol–water partition coefficient (Wildman–Crippen LogP) is 4.42. The zero-order valence-corrected chi connectivity index (χ0v) is 11.1. The first-order valence-corrected chi connectivity index (χ1v) is 6.49. The number of fused-ring (bicyclic) bond motifs is 1. The van der Waals surface area contributed by atoms with E-state index in [-0.39, 0.29) is 5.92 Å². The molecule has 0 atom stereocenters. The van der Waals surface area contributed by atoms with Crippen LogP contribution in [0.15, 0.2) is 54.6 Å². The maximum absolute atomic E-state index is 8.00. The number of hydrogen-bond acceptors (Lipinski definition) is 2. The average Bonchev–Trinajstić information content (AvgIpc) is 2.47. The molecule has 0 fully saturated rings. The van der Waals surface area contributed by atoms with Crippen LogP contribution in [0.4, 0.5) is 0 Å². The molecule has 0 spiro atoms. The topological polar surface area (TPSA) is 25.8 Å². The van der Waals surface area contributed by atoms with Gasteiger partial charge in [0.15, 0.2) is 0 Å². The van der Waals surface area contributed by atoms with E-state index in [2.05, 4.69) is 13.8 Å². The number of aromatic nitrogens is 2. The Morgan fingerprint density at radius 2 is 1.63 bits per heavy atom. The van der Waals surface area contributed by atoms with Gasteiger partial charge in [0.2, 0.25) is 0 Å². The number of para-hydroxylation sites is 2. The van der Waals surface area contributed by atoms with Crippen molar-refractivity contribution in [2.45, 2.75) is 19.8 Å². The first-order chi connectivity index (χ1) is 9.66. The van der Waals surface area contributed by atoms with Gasteiger partial charge in [-0.2, -0.15) is 0 Å². The molecule has 2 aromatic carbocycles. The minimum absolute atomic E-state index is 0.288. The van der Waals surface area contributed by atoms with Gasteiger partial charge in [-0.1, -0.05) is 56.3 Å². The van der Waals surface area contributed by atoms with Crippen molar-refractivity contribution in [1.29, 1.82) is 0 Å². The van der Waals surface area contributed by atoms with Crippen molar-refractivity contribution in [1.82, 2.24) is 9.97 Å². The van der Waals surface area contributed by atoms with E-state index in [9.17, 15) is 0 Å². The largest absolute Gasteiger partial charge is 0.249 e. The van der Waals surface area contributed by atoms with Gasteiger partial charge in [0.1, 0.15) is 0 Å². The molecule has 1 heterocycles. The van der Waals surface area contributed by atoms with Crippen molar-refractivity contribution in [3.05, 3.63) is 60.3 Å². The molecule has 3 aromatic rings. The smallest absolute Gasteiger partial charge is 0.0927 e. The SMILES string of the molecule is [2H]c1cccc2nc(C(C)C)c(-c3ccccc3)nc12. The second-order valence-electron chi connectivity index (χ2n) is 4.88. The van der Waals surface area contributed by atoms with E-state index in [1.165, 1.54) is 0 Å². The van der Waals surface area contributed by atoms with Crippen LogP contribution in [-0.4, -0.2) is 9.97 Å². The van der Waals surface area contributed by atoms with Crippen LogP contribution in [0, 0.1) is 0 Å². The summed E-state index contributed by atoms with van der Waals surface area (Å²) in [6.07, 6.45) is 0. The molecule has 2 nitrogen and oxygen atoms in total. The molecule has 2 heteroatoms. The number of benzene rings is 2. The maximum atomic E-state index is 8.00. The van der Waals surface area contributed by atoms with Gasteiger partial charge < -0.3 is 0 Å². The second kappa shape index (κ2) is 4.81. The highest BCUT2D eigenvalue weighted by molar-refractivity contribution is 5.78. The Kier molecular flexibility index (Phi) is 2.70. The average molecular weight is 249 g/mol. The molecule has 3 rings (SSSR count). The maximum Gasteiger partial charge on any atom is 0.0927 e. The summed E-state index contributed by atoms with van der Waals surface area (Å²) in [5, 5.41) is 0. The number of hydrogen-bond donors (Lipinski definition) is 0. The summed E-state index contributed by atoms with van der Waals surface area (Å²) in [5.41, 5.74) is 4.37. The molecule has 0 aliphatic heterocycles. The Balaban J connectivity index is 2.34. The molecule has 0 radical (unpaired) electrons. The van der Waals surface area contributed by atoms with E-state index in [1.807, 2.05) is 42.5 Å². The first kappa shape index (κ1) is 10.7. The highest BCUT2D eigenvalue weighted by Crippen LogP contribution is 2.27. The van der Waals surface area contributed by atoms with Crippen LogP contribution in [0.3, 0.4) is 0 Å². The fourth-order valence-corrected chi connectivity index (χ4v) is 2.16. The van der Waals surface area contributed by atoms with E-state index in [0.717, 1.165) is 22.5 Å². The van der Waals surface area contributed by atoms with Gasteiger partial charge >= 0.3 is 0 Å². The van der Waals surface area contributed by atoms with Crippen LogP contribution in [0.25, 0.3) is 22.3 Å². The van der Waals surface area contributed by atoms with Gasteiger partial charge in [-0.25, -0.2) is 9.97 Å². The van der Waals surface area contributed by atoms with Crippen molar-refractivity contribution < 1.29 is 1.37 Å². The number of nitrogens with zero attached hydrogens (tertiary/aromatic N) is 2. The standard InChI is InChI=1S/C17H16N2/c1-12(2)16-17(13-8-4-3-5-9-13)19-15-11-7-6-10-14(15)18-16/h3-12H,1-2H3/i11D. The highest BCUT2D eigenvalue weighted by atomic mass is 14.8. The molecular formula is C17H16N2. The summed E-state index contributed by atoms with van der Waals surface area (Å²) in [4.78, 5) is 9.45.